The maximum atomic E-state index is 11.8. The molecule has 6 heteroatoms. The number of rotatable bonds is 5. The molecule has 2 aromatic rings. The molecule has 2 aromatic carbocycles. The zero-order chi connectivity index (χ0) is 16.7. The van der Waals surface area contributed by atoms with Crippen LogP contribution in [0, 0.1) is 0 Å². The SMILES string of the molecule is C[C@H]([NH2+]CC(=O)NNC(=O)c1ccccc1)c1ccccc1Cl. The Morgan fingerprint density at radius 3 is 2.39 bits per heavy atom. The minimum Gasteiger partial charge on any atom is -0.332 e. The van der Waals surface area contributed by atoms with Gasteiger partial charge in [-0.1, -0.05) is 48.0 Å². The molecule has 0 aromatic heterocycles. The van der Waals surface area contributed by atoms with E-state index in [0.717, 1.165) is 5.56 Å². The van der Waals surface area contributed by atoms with E-state index >= 15 is 0 Å². The number of amides is 2. The average Bonchev–Trinajstić information content (AvgIpc) is 2.58. The first-order chi connectivity index (χ1) is 11.1. The Morgan fingerprint density at radius 2 is 1.70 bits per heavy atom. The summed E-state index contributed by atoms with van der Waals surface area (Å²) in [4.78, 5) is 23.6. The van der Waals surface area contributed by atoms with E-state index < -0.39 is 0 Å². The van der Waals surface area contributed by atoms with Gasteiger partial charge in [0.1, 0.15) is 6.04 Å². The minimum absolute atomic E-state index is 0.0410. The third kappa shape index (κ3) is 5.09. The summed E-state index contributed by atoms with van der Waals surface area (Å²) in [7, 11) is 0. The summed E-state index contributed by atoms with van der Waals surface area (Å²) in [6.07, 6.45) is 0. The Labute approximate surface area is 140 Å². The van der Waals surface area contributed by atoms with Gasteiger partial charge in [0.15, 0.2) is 6.54 Å². The summed E-state index contributed by atoms with van der Waals surface area (Å²) in [6, 6.07) is 16.3. The molecular formula is C17H19ClN3O2+. The van der Waals surface area contributed by atoms with Crippen molar-refractivity contribution >= 4 is 23.4 Å². The van der Waals surface area contributed by atoms with E-state index in [0.29, 0.717) is 10.6 Å². The Balaban J connectivity index is 1.77. The number of benzene rings is 2. The van der Waals surface area contributed by atoms with E-state index in [1.165, 1.54) is 0 Å². The van der Waals surface area contributed by atoms with Gasteiger partial charge < -0.3 is 5.32 Å². The van der Waals surface area contributed by atoms with Crippen molar-refractivity contribution in [1.29, 1.82) is 0 Å². The number of carbonyl (C=O) groups excluding carboxylic acids is 2. The van der Waals surface area contributed by atoms with Gasteiger partial charge in [0.05, 0.1) is 0 Å². The molecule has 0 radical (unpaired) electrons. The first-order valence-electron chi connectivity index (χ1n) is 7.30. The van der Waals surface area contributed by atoms with Crippen LogP contribution in [0.25, 0.3) is 0 Å². The molecule has 0 bridgehead atoms. The van der Waals surface area contributed by atoms with Gasteiger partial charge in [-0.15, -0.1) is 0 Å². The van der Waals surface area contributed by atoms with Crippen LogP contribution in [-0.2, 0) is 4.79 Å². The molecule has 0 aliphatic heterocycles. The predicted octanol–water partition coefficient (Wildman–Crippen LogP) is 1.43. The maximum absolute atomic E-state index is 11.8. The highest BCUT2D eigenvalue weighted by Gasteiger charge is 2.14. The molecule has 0 fully saturated rings. The van der Waals surface area contributed by atoms with Crippen LogP contribution in [0.15, 0.2) is 54.6 Å². The molecule has 1 atom stereocenters. The van der Waals surface area contributed by atoms with Crippen molar-refractivity contribution in [2.24, 2.45) is 0 Å². The second-order valence-corrected chi connectivity index (χ2v) is 5.53. The van der Waals surface area contributed by atoms with Crippen molar-refractivity contribution in [3.8, 4) is 0 Å². The van der Waals surface area contributed by atoms with Crippen LogP contribution in [-0.4, -0.2) is 18.4 Å². The number of hydrogen-bond donors (Lipinski definition) is 3. The molecular weight excluding hydrogens is 314 g/mol. The highest BCUT2D eigenvalue weighted by molar-refractivity contribution is 6.31. The first-order valence-corrected chi connectivity index (χ1v) is 7.67. The summed E-state index contributed by atoms with van der Waals surface area (Å²) >= 11 is 6.13. The fourth-order valence-corrected chi connectivity index (χ4v) is 2.40. The van der Waals surface area contributed by atoms with Gasteiger partial charge in [0.2, 0.25) is 0 Å². The molecule has 0 heterocycles. The third-order valence-corrected chi connectivity index (χ3v) is 3.75. The number of halogens is 1. The number of quaternary nitrogens is 1. The quantitative estimate of drug-likeness (QED) is 0.724. The standard InChI is InChI=1S/C17H18ClN3O2/c1-12(14-9-5-6-10-15(14)18)19-11-16(22)20-21-17(23)13-7-3-2-4-8-13/h2-10,12,19H,11H2,1H3,(H,20,22)(H,21,23)/p+1/t12-/m0/s1. The van der Waals surface area contributed by atoms with Gasteiger partial charge in [-0.05, 0) is 25.1 Å². The second kappa shape index (κ2) is 8.31. The summed E-state index contributed by atoms with van der Waals surface area (Å²) in [5.41, 5.74) is 6.24. The van der Waals surface area contributed by atoms with Crippen molar-refractivity contribution in [3.05, 3.63) is 70.7 Å². The van der Waals surface area contributed by atoms with Gasteiger partial charge in [-0.3, -0.25) is 20.4 Å². The fraction of sp³-hybridized carbons (Fsp3) is 0.176. The molecule has 2 rings (SSSR count). The smallest absolute Gasteiger partial charge is 0.293 e. The summed E-state index contributed by atoms with van der Waals surface area (Å²) in [6.45, 7) is 2.15. The highest BCUT2D eigenvalue weighted by atomic mass is 35.5. The Kier molecular flexibility index (Phi) is 6.14. The highest BCUT2D eigenvalue weighted by Crippen LogP contribution is 2.19. The topological polar surface area (TPSA) is 74.8 Å². The lowest BCUT2D eigenvalue weighted by Crippen LogP contribution is -2.87. The number of nitrogens with two attached hydrogens (primary N) is 1. The minimum atomic E-state index is -0.349. The first kappa shape index (κ1) is 17.0. The number of hydrazine groups is 1. The Bertz CT molecular complexity index is 677. The molecule has 5 nitrogen and oxygen atoms in total. The van der Waals surface area contributed by atoms with Gasteiger partial charge >= 0.3 is 0 Å². The molecule has 0 aliphatic rings. The average molecular weight is 333 g/mol. The molecule has 0 unspecified atom stereocenters. The van der Waals surface area contributed by atoms with E-state index in [-0.39, 0.29) is 24.4 Å². The fourth-order valence-electron chi connectivity index (χ4n) is 2.09. The molecule has 0 saturated heterocycles. The van der Waals surface area contributed by atoms with E-state index in [4.69, 9.17) is 11.6 Å². The third-order valence-electron chi connectivity index (χ3n) is 3.40. The number of nitrogens with one attached hydrogen (secondary N) is 2. The van der Waals surface area contributed by atoms with Crippen molar-refractivity contribution in [1.82, 2.24) is 10.9 Å². The molecule has 23 heavy (non-hydrogen) atoms. The van der Waals surface area contributed by atoms with E-state index in [2.05, 4.69) is 10.9 Å². The van der Waals surface area contributed by atoms with Crippen LogP contribution >= 0.6 is 11.6 Å². The van der Waals surface area contributed by atoms with Crippen LogP contribution < -0.4 is 16.2 Å². The molecule has 2 amide bonds. The molecule has 4 N–H and O–H groups in total. The molecule has 0 saturated carbocycles. The van der Waals surface area contributed by atoms with E-state index in [9.17, 15) is 9.59 Å². The van der Waals surface area contributed by atoms with Crippen LogP contribution in [0.1, 0.15) is 28.9 Å². The van der Waals surface area contributed by atoms with Crippen LogP contribution in [0.5, 0.6) is 0 Å². The van der Waals surface area contributed by atoms with Crippen molar-refractivity contribution < 1.29 is 14.9 Å². The van der Waals surface area contributed by atoms with Crippen molar-refractivity contribution in [2.75, 3.05) is 6.54 Å². The summed E-state index contributed by atoms with van der Waals surface area (Å²) < 4.78 is 0. The van der Waals surface area contributed by atoms with E-state index in [1.54, 1.807) is 24.3 Å². The molecule has 0 aliphatic carbocycles. The normalized spacial score (nSPS) is 11.6. The summed E-state index contributed by atoms with van der Waals surface area (Å²) in [5, 5.41) is 2.53. The van der Waals surface area contributed by atoms with Crippen LogP contribution in [0.4, 0.5) is 0 Å². The Hall–Kier alpha value is -2.37. The molecule has 120 valence electrons. The van der Waals surface area contributed by atoms with Crippen LogP contribution in [0.2, 0.25) is 5.02 Å². The lowest BCUT2D eigenvalue weighted by Gasteiger charge is -2.12. The van der Waals surface area contributed by atoms with Gasteiger partial charge in [-0.2, -0.15) is 0 Å². The zero-order valence-corrected chi connectivity index (χ0v) is 13.5. The largest absolute Gasteiger partial charge is 0.332 e. The lowest BCUT2D eigenvalue weighted by molar-refractivity contribution is -0.682. The van der Waals surface area contributed by atoms with Crippen molar-refractivity contribution in [3.63, 3.8) is 0 Å². The van der Waals surface area contributed by atoms with Gasteiger partial charge in [0, 0.05) is 16.1 Å². The maximum Gasteiger partial charge on any atom is 0.293 e. The number of hydrogen-bond acceptors (Lipinski definition) is 2. The van der Waals surface area contributed by atoms with E-state index in [1.807, 2.05) is 42.6 Å². The lowest BCUT2D eigenvalue weighted by atomic mass is 10.1. The zero-order valence-electron chi connectivity index (χ0n) is 12.8. The van der Waals surface area contributed by atoms with Crippen LogP contribution in [0.3, 0.4) is 0 Å². The van der Waals surface area contributed by atoms with Crippen molar-refractivity contribution in [2.45, 2.75) is 13.0 Å². The number of carbonyl (C=O) groups is 2. The van der Waals surface area contributed by atoms with Gasteiger partial charge in [-0.25, -0.2) is 0 Å². The van der Waals surface area contributed by atoms with Gasteiger partial charge in [0.25, 0.3) is 11.8 Å². The molecule has 0 spiro atoms. The Morgan fingerprint density at radius 1 is 1.04 bits per heavy atom. The monoisotopic (exact) mass is 332 g/mol. The summed E-state index contributed by atoms with van der Waals surface area (Å²) in [5.74, 6) is -0.633. The second-order valence-electron chi connectivity index (χ2n) is 5.12. The predicted molar refractivity (Wildman–Crippen MR) is 88.7 cm³/mol.